The number of rotatable bonds is 4. The molecule has 0 aliphatic rings. The molecule has 0 aliphatic heterocycles. The van der Waals surface area contributed by atoms with E-state index in [0.717, 1.165) is 21.2 Å². The zero-order valence-electron chi connectivity index (χ0n) is 16.9. The van der Waals surface area contributed by atoms with Crippen LogP contribution in [-0.4, -0.2) is 20.3 Å². The van der Waals surface area contributed by atoms with Gasteiger partial charge in [0.25, 0.3) is 5.56 Å². The van der Waals surface area contributed by atoms with Crippen LogP contribution in [0.3, 0.4) is 0 Å². The second-order valence-corrected chi connectivity index (χ2v) is 8.03. The van der Waals surface area contributed by atoms with Gasteiger partial charge in [-0.15, -0.1) is 0 Å². The molecule has 0 aliphatic carbocycles. The van der Waals surface area contributed by atoms with Gasteiger partial charge in [-0.25, -0.2) is 0 Å². The van der Waals surface area contributed by atoms with Gasteiger partial charge in [0.05, 0.1) is 23.0 Å². The Hall–Kier alpha value is -3.19. The minimum atomic E-state index is -0.505. The van der Waals surface area contributed by atoms with E-state index in [1.54, 1.807) is 6.20 Å². The predicted molar refractivity (Wildman–Crippen MR) is 122 cm³/mol. The molecule has 7 heteroatoms. The van der Waals surface area contributed by atoms with Gasteiger partial charge in [0.15, 0.2) is 0 Å². The summed E-state index contributed by atoms with van der Waals surface area (Å²) in [5, 5.41) is 8.64. The molecule has 4 aromatic rings. The number of anilines is 1. The highest BCUT2D eigenvalue weighted by atomic mass is 79.9. The molecule has 0 saturated heterocycles. The van der Waals surface area contributed by atoms with Crippen LogP contribution in [0.2, 0.25) is 0 Å². The first-order chi connectivity index (χ1) is 14.4. The topological polar surface area (TPSA) is 68.9 Å². The molecule has 0 bridgehead atoms. The van der Waals surface area contributed by atoms with E-state index >= 15 is 0 Å². The molecular formula is C23H21BrN4O2. The number of para-hydroxylation sites is 2. The Morgan fingerprint density at radius 2 is 1.70 bits per heavy atom. The summed E-state index contributed by atoms with van der Waals surface area (Å²) in [6.45, 7) is 5.61. The Labute approximate surface area is 182 Å². The number of halogens is 1. The second kappa shape index (κ2) is 7.91. The summed E-state index contributed by atoms with van der Waals surface area (Å²) in [7, 11) is 0. The molecule has 4 rings (SSSR count). The second-order valence-electron chi connectivity index (χ2n) is 7.17. The van der Waals surface area contributed by atoms with Gasteiger partial charge >= 0.3 is 0 Å². The van der Waals surface area contributed by atoms with E-state index in [1.807, 2.05) is 79.9 Å². The number of benzene rings is 2. The summed E-state index contributed by atoms with van der Waals surface area (Å²) in [5.74, 6) is -0.162. The van der Waals surface area contributed by atoms with Crippen molar-refractivity contribution in [3.05, 3.63) is 87.0 Å². The number of hydrogen-bond donors (Lipinski definition) is 1. The van der Waals surface area contributed by atoms with Crippen LogP contribution >= 0.6 is 15.9 Å². The lowest BCUT2D eigenvalue weighted by Crippen LogP contribution is -2.25. The smallest absolute Gasteiger partial charge is 0.281 e. The number of carbonyl (C=O) groups excluding carboxylic acids is 1. The SMILES string of the molecule is Cc1c2cnn(-c3ccccc3)c(=O)c2c(C)n1C(C)C(=O)Nc1ccccc1Br. The lowest BCUT2D eigenvalue weighted by molar-refractivity contribution is -0.118. The van der Waals surface area contributed by atoms with Gasteiger partial charge in [0, 0.05) is 21.2 Å². The summed E-state index contributed by atoms with van der Waals surface area (Å²) < 4.78 is 4.10. The highest BCUT2D eigenvalue weighted by Crippen LogP contribution is 2.28. The quantitative estimate of drug-likeness (QED) is 0.472. The molecule has 30 heavy (non-hydrogen) atoms. The van der Waals surface area contributed by atoms with Crippen molar-refractivity contribution in [2.45, 2.75) is 26.8 Å². The van der Waals surface area contributed by atoms with E-state index in [-0.39, 0.29) is 11.5 Å². The van der Waals surface area contributed by atoms with E-state index in [1.165, 1.54) is 4.68 Å². The fraction of sp³-hybridized carbons (Fsp3) is 0.174. The Morgan fingerprint density at radius 3 is 2.40 bits per heavy atom. The Morgan fingerprint density at radius 1 is 1.03 bits per heavy atom. The molecule has 1 atom stereocenters. The van der Waals surface area contributed by atoms with Crippen molar-refractivity contribution in [1.29, 1.82) is 0 Å². The number of fused-ring (bicyclic) bond motifs is 1. The maximum Gasteiger partial charge on any atom is 0.281 e. The summed E-state index contributed by atoms with van der Waals surface area (Å²) >= 11 is 3.45. The maximum absolute atomic E-state index is 13.2. The highest BCUT2D eigenvalue weighted by Gasteiger charge is 2.24. The van der Waals surface area contributed by atoms with Crippen LogP contribution < -0.4 is 10.9 Å². The number of nitrogens with zero attached hydrogens (tertiary/aromatic N) is 3. The number of aromatic nitrogens is 3. The minimum absolute atomic E-state index is 0.162. The monoisotopic (exact) mass is 464 g/mol. The molecule has 0 spiro atoms. The van der Waals surface area contributed by atoms with Gasteiger partial charge in [-0.3, -0.25) is 9.59 Å². The van der Waals surface area contributed by atoms with Crippen molar-refractivity contribution in [1.82, 2.24) is 14.3 Å². The number of nitrogens with one attached hydrogen (secondary N) is 1. The van der Waals surface area contributed by atoms with E-state index < -0.39 is 6.04 Å². The minimum Gasteiger partial charge on any atom is -0.336 e. The molecule has 152 valence electrons. The molecule has 1 unspecified atom stereocenters. The average Bonchev–Trinajstić information content (AvgIpc) is 3.00. The van der Waals surface area contributed by atoms with Crippen LogP contribution in [-0.2, 0) is 4.79 Å². The molecule has 0 radical (unpaired) electrons. The van der Waals surface area contributed by atoms with Crippen LogP contribution in [0.5, 0.6) is 0 Å². The van der Waals surface area contributed by atoms with Crippen LogP contribution in [0.1, 0.15) is 24.4 Å². The molecule has 0 saturated carbocycles. The largest absolute Gasteiger partial charge is 0.336 e. The normalized spacial score (nSPS) is 12.1. The van der Waals surface area contributed by atoms with Crippen LogP contribution in [0.25, 0.3) is 16.5 Å². The Bertz CT molecular complexity index is 1310. The fourth-order valence-corrected chi connectivity index (χ4v) is 4.21. The van der Waals surface area contributed by atoms with Gasteiger partial charge in [0.2, 0.25) is 5.91 Å². The summed E-state index contributed by atoms with van der Waals surface area (Å²) in [6, 6.07) is 16.3. The summed E-state index contributed by atoms with van der Waals surface area (Å²) in [5.41, 5.74) is 2.79. The summed E-state index contributed by atoms with van der Waals surface area (Å²) in [4.78, 5) is 26.2. The molecule has 2 heterocycles. The van der Waals surface area contributed by atoms with E-state index in [0.29, 0.717) is 16.8 Å². The molecule has 2 aromatic carbocycles. The van der Waals surface area contributed by atoms with Crippen LogP contribution in [0, 0.1) is 13.8 Å². The van der Waals surface area contributed by atoms with Crippen LogP contribution in [0.4, 0.5) is 5.69 Å². The predicted octanol–water partition coefficient (Wildman–Crippen LogP) is 4.77. The average molecular weight is 465 g/mol. The molecule has 1 N–H and O–H groups in total. The molecule has 0 fully saturated rings. The van der Waals surface area contributed by atoms with Gasteiger partial charge in [-0.05, 0) is 61.0 Å². The Kier molecular flexibility index (Phi) is 5.30. The van der Waals surface area contributed by atoms with Crippen molar-refractivity contribution in [3.8, 4) is 5.69 Å². The van der Waals surface area contributed by atoms with Crippen molar-refractivity contribution < 1.29 is 4.79 Å². The maximum atomic E-state index is 13.2. The number of carbonyl (C=O) groups is 1. The first-order valence-electron chi connectivity index (χ1n) is 9.60. The number of aryl methyl sites for hydroxylation is 2. The van der Waals surface area contributed by atoms with Crippen molar-refractivity contribution >= 4 is 38.3 Å². The zero-order chi connectivity index (χ0) is 21.4. The van der Waals surface area contributed by atoms with E-state index in [2.05, 4.69) is 26.3 Å². The fourth-order valence-electron chi connectivity index (χ4n) is 3.83. The number of amides is 1. The molecular weight excluding hydrogens is 444 g/mol. The van der Waals surface area contributed by atoms with Gasteiger partial charge < -0.3 is 9.88 Å². The van der Waals surface area contributed by atoms with E-state index in [9.17, 15) is 9.59 Å². The zero-order valence-corrected chi connectivity index (χ0v) is 18.5. The summed E-state index contributed by atoms with van der Waals surface area (Å²) in [6.07, 6.45) is 1.70. The van der Waals surface area contributed by atoms with Gasteiger partial charge in [-0.2, -0.15) is 9.78 Å². The van der Waals surface area contributed by atoms with Crippen molar-refractivity contribution in [2.24, 2.45) is 0 Å². The molecule has 2 aromatic heterocycles. The molecule has 6 nitrogen and oxygen atoms in total. The third-order valence-electron chi connectivity index (χ3n) is 5.35. The van der Waals surface area contributed by atoms with Crippen LogP contribution in [0.15, 0.2) is 70.1 Å². The first kappa shape index (κ1) is 20.1. The standard InChI is InChI=1S/C23H21BrN4O2/c1-14-18-13-25-28(17-9-5-4-6-10-17)23(30)21(18)15(2)27(14)16(3)22(29)26-20-12-8-7-11-19(20)24/h4-13,16H,1-3H3,(H,26,29). The highest BCUT2D eigenvalue weighted by molar-refractivity contribution is 9.10. The van der Waals surface area contributed by atoms with Crippen molar-refractivity contribution in [3.63, 3.8) is 0 Å². The Balaban J connectivity index is 1.78. The number of hydrogen-bond acceptors (Lipinski definition) is 3. The molecule has 1 amide bonds. The third-order valence-corrected chi connectivity index (χ3v) is 6.04. The van der Waals surface area contributed by atoms with Gasteiger partial charge in [0.1, 0.15) is 6.04 Å². The lowest BCUT2D eigenvalue weighted by atomic mass is 10.2. The third kappa shape index (κ3) is 3.35. The van der Waals surface area contributed by atoms with Crippen molar-refractivity contribution in [2.75, 3.05) is 5.32 Å². The lowest BCUT2D eigenvalue weighted by Gasteiger charge is -2.18. The first-order valence-corrected chi connectivity index (χ1v) is 10.4. The van der Waals surface area contributed by atoms with Gasteiger partial charge in [-0.1, -0.05) is 30.3 Å². The van der Waals surface area contributed by atoms with E-state index in [4.69, 9.17) is 0 Å².